The maximum atomic E-state index is 12.8. The monoisotopic (exact) mass is 628 g/mol. The fraction of sp³-hybridized carbons (Fsp3) is 0.214. The van der Waals surface area contributed by atoms with E-state index in [1.807, 2.05) is 6.92 Å². The fourth-order valence-electron chi connectivity index (χ4n) is 4.33. The summed E-state index contributed by atoms with van der Waals surface area (Å²) < 4.78 is 0. The molecule has 16 nitrogen and oxygen atoms in total. The van der Waals surface area contributed by atoms with Crippen LogP contribution in [-0.4, -0.2) is 76.0 Å². The molecule has 0 unspecified atom stereocenters. The van der Waals surface area contributed by atoms with E-state index in [0.717, 1.165) is 10.5 Å². The maximum absolute atomic E-state index is 12.8. The molecule has 2 amide bonds. The van der Waals surface area contributed by atoms with Gasteiger partial charge in [-0.25, -0.2) is 14.8 Å². The summed E-state index contributed by atoms with van der Waals surface area (Å²) in [6, 6.07) is 10.8. The van der Waals surface area contributed by atoms with Crippen LogP contribution in [0, 0.1) is 6.92 Å². The molecule has 1 atom stereocenters. The number of fused-ring (bicyclic) bond motifs is 1. The Morgan fingerprint density at radius 3 is 2.58 bits per heavy atom. The molecule has 45 heavy (non-hydrogen) atoms. The first kappa shape index (κ1) is 30.7. The second-order valence-corrected chi connectivity index (χ2v) is 10.9. The van der Waals surface area contributed by atoms with Gasteiger partial charge in [-0.2, -0.15) is 15.2 Å². The smallest absolute Gasteiger partial charge is 0.326 e. The highest BCUT2D eigenvalue weighted by Gasteiger charge is 2.21. The number of thioether (sulfide) groups is 1. The summed E-state index contributed by atoms with van der Waals surface area (Å²) >= 11 is 1.46. The van der Waals surface area contributed by atoms with Crippen LogP contribution in [0.3, 0.4) is 0 Å². The third-order valence-electron chi connectivity index (χ3n) is 6.57. The summed E-state index contributed by atoms with van der Waals surface area (Å²) in [5.74, 6) is -1.13. The van der Waals surface area contributed by atoms with E-state index < -0.39 is 17.9 Å². The highest BCUT2D eigenvalue weighted by molar-refractivity contribution is 7.98. The molecular formula is C28H28N12O4S. The number of nitrogens with one attached hydrogen (secondary N) is 3. The van der Waals surface area contributed by atoms with E-state index >= 15 is 0 Å². The first-order valence-corrected chi connectivity index (χ1v) is 14.6. The summed E-state index contributed by atoms with van der Waals surface area (Å²) in [4.78, 5) is 55.0. The predicted octanol–water partition coefficient (Wildman–Crippen LogP) is 1.76. The molecule has 5 rings (SSSR count). The minimum absolute atomic E-state index is 0.0228. The number of hydrogen-bond donors (Lipinski definition) is 6. The number of H-pyrrole nitrogens is 1. The number of nitrogens with two attached hydrogens (primary N) is 2. The first-order valence-electron chi connectivity index (χ1n) is 13.6. The summed E-state index contributed by atoms with van der Waals surface area (Å²) in [6.07, 6.45) is 2.00. The van der Waals surface area contributed by atoms with Gasteiger partial charge in [0.25, 0.3) is 11.8 Å². The van der Waals surface area contributed by atoms with Crippen molar-refractivity contribution in [1.82, 2.24) is 51.2 Å². The van der Waals surface area contributed by atoms with Crippen molar-refractivity contribution in [3.8, 4) is 11.4 Å². The number of carboxylic acids is 1. The van der Waals surface area contributed by atoms with Gasteiger partial charge in [-0.1, -0.05) is 11.6 Å². The van der Waals surface area contributed by atoms with Crippen LogP contribution in [0.1, 0.15) is 44.8 Å². The molecule has 0 radical (unpaired) electrons. The fourth-order valence-corrected chi connectivity index (χ4v) is 5.11. The third kappa shape index (κ3) is 7.63. The van der Waals surface area contributed by atoms with Crippen LogP contribution in [0.4, 0.5) is 11.8 Å². The molecule has 8 N–H and O–H groups in total. The van der Waals surface area contributed by atoms with Gasteiger partial charge in [-0.3, -0.25) is 9.59 Å². The van der Waals surface area contributed by atoms with Crippen molar-refractivity contribution in [1.29, 1.82) is 0 Å². The van der Waals surface area contributed by atoms with Crippen LogP contribution in [0.2, 0.25) is 0 Å². The van der Waals surface area contributed by atoms with Gasteiger partial charge >= 0.3 is 5.97 Å². The molecule has 0 fully saturated rings. The Hall–Kier alpha value is -5.71. The number of tetrazole rings is 1. The SMILES string of the molecule is Cc1ccc(C(=O)NCCC[C@H](NC(=O)c2ccc(SCc3cnc4nc(N)nc(N)c4n3)cc2)C(=O)O)c(-c2nn[nH]n2)c1. The number of anilines is 2. The highest BCUT2D eigenvalue weighted by Crippen LogP contribution is 2.24. The number of rotatable bonds is 12. The summed E-state index contributed by atoms with van der Waals surface area (Å²) in [5.41, 5.74) is 14.9. The number of aromatic nitrogens is 8. The molecule has 0 bridgehead atoms. The number of carbonyl (C=O) groups is 3. The van der Waals surface area contributed by atoms with Crippen LogP contribution in [0.15, 0.2) is 53.6 Å². The van der Waals surface area contributed by atoms with E-state index in [1.165, 1.54) is 11.8 Å². The molecule has 5 aromatic rings. The Morgan fingerprint density at radius 2 is 1.84 bits per heavy atom. The van der Waals surface area contributed by atoms with Gasteiger partial charge in [0.15, 0.2) is 17.0 Å². The Labute approximate surface area is 259 Å². The largest absolute Gasteiger partial charge is 0.480 e. The third-order valence-corrected chi connectivity index (χ3v) is 7.61. The molecule has 3 aromatic heterocycles. The van der Waals surface area contributed by atoms with Gasteiger partial charge in [-0.15, -0.1) is 22.0 Å². The zero-order chi connectivity index (χ0) is 31.9. The number of nitrogens with zero attached hydrogens (tertiary/aromatic N) is 7. The number of carboxylic acid groups (broad SMARTS) is 1. The quantitative estimate of drug-likeness (QED) is 0.0850. The van der Waals surface area contributed by atoms with Gasteiger partial charge in [-0.05, 0) is 61.4 Å². The lowest BCUT2D eigenvalue weighted by Gasteiger charge is -2.15. The van der Waals surface area contributed by atoms with Gasteiger partial charge < -0.3 is 27.2 Å². The topological polar surface area (TPSA) is 254 Å². The lowest BCUT2D eigenvalue weighted by Crippen LogP contribution is -2.41. The highest BCUT2D eigenvalue weighted by atomic mass is 32.2. The summed E-state index contributed by atoms with van der Waals surface area (Å²) in [6.45, 7) is 2.08. The van der Waals surface area contributed by atoms with E-state index in [-0.39, 0.29) is 36.5 Å². The number of carbonyl (C=O) groups excluding carboxylic acids is 2. The first-order chi connectivity index (χ1) is 21.7. The maximum Gasteiger partial charge on any atom is 0.326 e. The van der Waals surface area contributed by atoms with E-state index in [9.17, 15) is 19.5 Å². The second-order valence-electron chi connectivity index (χ2n) is 9.86. The van der Waals surface area contributed by atoms with Crippen molar-refractivity contribution in [3.05, 3.63) is 71.0 Å². The average molecular weight is 629 g/mol. The molecule has 0 saturated carbocycles. The van der Waals surface area contributed by atoms with Crippen LogP contribution in [-0.2, 0) is 10.5 Å². The molecule has 230 valence electrons. The zero-order valence-corrected chi connectivity index (χ0v) is 24.7. The van der Waals surface area contributed by atoms with E-state index in [1.54, 1.807) is 48.7 Å². The Bertz CT molecular complexity index is 1850. The number of benzene rings is 2. The van der Waals surface area contributed by atoms with Crippen LogP contribution >= 0.6 is 11.8 Å². The molecule has 0 aliphatic heterocycles. The number of aromatic amines is 1. The minimum atomic E-state index is -1.18. The van der Waals surface area contributed by atoms with Crippen molar-refractivity contribution in [2.75, 3.05) is 18.0 Å². The van der Waals surface area contributed by atoms with Crippen molar-refractivity contribution in [2.24, 2.45) is 0 Å². The molecule has 0 spiro atoms. The van der Waals surface area contributed by atoms with Crippen molar-refractivity contribution in [3.63, 3.8) is 0 Å². The second kappa shape index (κ2) is 13.7. The van der Waals surface area contributed by atoms with Crippen molar-refractivity contribution < 1.29 is 19.5 Å². The predicted molar refractivity (Wildman–Crippen MR) is 165 cm³/mol. The van der Waals surface area contributed by atoms with E-state index in [2.05, 4.69) is 51.2 Å². The molecule has 2 aromatic carbocycles. The van der Waals surface area contributed by atoms with Gasteiger partial charge in [0.2, 0.25) is 11.8 Å². The van der Waals surface area contributed by atoms with Crippen LogP contribution in [0.5, 0.6) is 0 Å². The standard InChI is InChI=1S/C28H28N12O4S/c1-14-4-9-18(19(11-14)23-37-39-40-38-23)26(42)31-10-2-3-20(27(43)44)34-25(41)15-5-7-17(8-6-15)45-13-16-12-32-24-21(33-16)22(29)35-28(30)36-24/h4-9,11-12,20H,2-3,10,13H2,1H3,(H,31,42)(H,34,41)(H,43,44)(H,37,38,39,40)(H4,29,30,32,35,36)/t20-/m0/s1. The lowest BCUT2D eigenvalue weighted by molar-refractivity contribution is -0.139. The van der Waals surface area contributed by atoms with Crippen molar-refractivity contribution >= 4 is 52.5 Å². The Kier molecular flexibility index (Phi) is 9.37. The molecule has 3 heterocycles. The van der Waals surface area contributed by atoms with E-state index in [4.69, 9.17) is 11.5 Å². The summed E-state index contributed by atoms with van der Waals surface area (Å²) in [5, 5.41) is 28.8. The zero-order valence-electron chi connectivity index (χ0n) is 23.9. The van der Waals surface area contributed by atoms with Crippen LogP contribution < -0.4 is 22.1 Å². The molecule has 0 aliphatic carbocycles. The molecule has 17 heteroatoms. The number of amides is 2. The minimum Gasteiger partial charge on any atom is -0.480 e. The van der Waals surface area contributed by atoms with Gasteiger partial charge in [0.05, 0.1) is 17.5 Å². The average Bonchev–Trinajstić information content (AvgIpc) is 3.56. The van der Waals surface area contributed by atoms with Crippen molar-refractivity contribution in [2.45, 2.75) is 36.5 Å². The van der Waals surface area contributed by atoms with Crippen LogP contribution in [0.25, 0.3) is 22.6 Å². The number of hydrogen-bond acceptors (Lipinski definition) is 13. The number of nitrogen functional groups attached to an aromatic ring is 2. The number of aryl methyl sites for hydroxylation is 1. The summed E-state index contributed by atoms with van der Waals surface area (Å²) in [7, 11) is 0. The molecular weight excluding hydrogens is 600 g/mol. The molecule has 0 saturated heterocycles. The normalized spacial score (nSPS) is 11.7. The Morgan fingerprint density at radius 1 is 1.04 bits per heavy atom. The van der Waals surface area contributed by atoms with Gasteiger partial charge in [0.1, 0.15) is 6.04 Å². The van der Waals surface area contributed by atoms with Gasteiger partial charge in [0, 0.05) is 28.3 Å². The lowest BCUT2D eigenvalue weighted by atomic mass is 10.0. The van der Waals surface area contributed by atoms with E-state index in [0.29, 0.717) is 45.7 Å². The Balaban J connectivity index is 1.11. The number of aliphatic carboxylic acids is 1. The molecule has 0 aliphatic rings.